The number of nitrogens with one attached hydrogen (secondary N) is 1. The maximum absolute atomic E-state index is 11.8. The average Bonchev–Trinajstić information content (AvgIpc) is 2.66. The Bertz CT molecular complexity index is 671. The second-order valence-corrected chi connectivity index (χ2v) is 6.01. The lowest BCUT2D eigenvalue weighted by Gasteiger charge is -2.20. The molecule has 0 bridgehead atoms. The summed E-state index contributed by atoms with van der Waals surface area (Å²) < 4.78 is 0. The van der Waals surface area contributed by atoms with Gasteiger partial charge in [-0.1, -0.05) is 0 Å². The molecule has 0 aliphatic heterocycles. The number of thiophene rings is 1. The molecule has 18 heavy (non-hydrogen) atoms. The van der Waals surface area contributed by atoms with E-state index in [1.807, 2.05) is 0 Å². The van der Waals surface area contributed by atoms with Gasteiger partial charge >= 0.3 is 0 Å². The largest absolute Gasteiger partial charge is 0.313 e. The van der Waals surface area contributed by atoms with Crippen LogP contribution in [0.15, 0.2) is 11.1 Å². The second kappa shape index (κ2) is 4.31. The monoisotopic (exact) mass is 262 g/mol. The maximum Gasteiger partial charge on any atom is 0.259 e. The van der Waals surface area contributed by atoms with Gasteiger partial charge in [0, 0.05) is 11.3 Å². The van der Waals surface area contributed by atoms with Crippen molar-refractivity contribution in [3.63, 3.8) is 0 Å². The molecule has 2 aromatic heterocycles. The van der Waals surface area contributed by atoms with E-state index >= 15 is 0 Å². The Morgan fingerprint density at radius 2 is 2.44 bits per heavy atom. The predicted octanol–water partition coefficient (Wildman–Crippen LogP) is 2.07. The third kappa shape index (κ3) is 1.88. The van der Waals surface area contributed by atoms with Crippen molar-refractivity contribution in [1.82, 2.24) is 9.97 Å². The van der Waals surface area contributed by atoms with Crippen LogP contribution in [0.5, 0.6) is 0 Å². The molecule has 0 saturated carbocycles. The number of H-pyrrole nitrogens is 1. The second-order valence-electron chi connectivity index (χ2n) is 4.93. The molecule has 2 aromatic rings. The highest BCUT2D eigenvalue weighted by Crippen LogP contribution is 2.36. The van der Waals surface area contributed by atoms with Crippen molar-refractivity contribution in [3.05, 3.63) is 27.1 Å². The predicted molar refractivity (Wildman–Crippen MR) is 71.1 cm³/mol. The van der Waals surface area contributed by atoms with Crippen LogP contribution in [0.3, 0.4) is 0 Å². The van der Waals surface area contributed by atoms with Crippen molar-refractivity contribution in [2.75, 3.05) is 0 Å². The number of rotatable bonds is 2. The molecule has 1 unspecified atom stereocenters. The molecule has 1 aliphatic rings. The highest BCUT2D eigenvalue weighted by molar-refractivity contribution is 7.18. The normalized spacial score (nSPS) is 18.8. The van der Waals surface area contributed by atoms with E-state index in [0.717, 1.165) is 35.0 Å². The third-order valence-electron chi connectivity index (χ3n) is 3.53. The number of fused-ring (bicyclic) bond motifs is 3. The van der Waals surface area contributed by atoms with Crippen LogP contribution >= 0.6 is 11.3 Å². The summed E-state index contributed by atoms with van der Waals surface area (Å²) in [5.41, 5.74) is 1.12. The molecule has 0 radical (unpaired) electrons. The lowest BCUT2D eigenvalue weighted by Crippen LogP contribution is -2.16. The van der Waals surface area contributed by atoms with E-state index in [-0.39, 0.29) is 11.3 Å². The van der Waals surface area contributed by atoms with Crippen molar-refractivity contribution >= 4 is 27.3 Å². The summed E-state index contributed by atoms with van der Waals surface area (Å²) in [5.74, 6) is 0.683. The number of aromatic amines is 1. The van der Waals surface area contributed by atoms with Crippen LogP contribution in [0.4, 0.5) is 0 Å². The Labute approximate surface area is 108 Å². The fourth-order valence-electron chi connectivity index (χ4n) is 2.77. The fraction of sp³-hybridized carbons (Fsp3) is 0.462. The van der Waals surface area contributed by atoms with Gasteiger partial charge in [-0.05, 0) is 37.7 Å². The van der Waals surface area contributed by atoms with Gasteiger partial charge in [-0.3, -0.25) is 4.79 Å². The van der Waals surface area contributed by atoms with Gasteiger partial charge in [-0.2, -0.15) is 0 Å². The first-order valence-corrected chi connectivity index (χ1v) is 6.94. The van der Waals surface area contributed by atoms with Crippen LogP contribution in [0, 0.1) is 5.92 Å². The van der Waals surface area contributed by atoms with Crippen molar-refractivity contribution in [1.29, 1.82) is 0 Å². The molecule has 5 heteroatoms. The number of carbonyl (C=O) groups excluding carboxylic acids is 1. The molecule has 4 nitrogen and oxygen atoms in total. The summed E-state index contributed by atoms with van der Waals surface area (Å²) >= 11 is 1.60. The van der Waals surface area contributed by atoms with E-state index in [1.165, 1.54) is 11.2 Å². The van der Waals surface area contributed by atoms with E-state index in [2.05, 4.69) is 9.97 Å². The average molecular weight is 262 g/mol. The quantitative estimate of drug-likeness (QED) is 0.901. The van der Waals surface area contributed by atoms with Crippen molar-refractivity contribution in [3.8, 4) is 0 Å². The minimum Gasteiger partial charge on any atom is -0.313 e. The highest BCUT2D eigenvalue weighted by Gasteiger charge is 2.25. The molecule has 1 aliphatic carbocycles. The maximum atomic E-state index is 11.8. The first-order chi connectivity index (χ1) is 8.65. The van der Waals surface area contributed by atoms with E-state index in [4.69, 9.17) is 0 Å². The van der Waals surface area contributed by atoms with Crippen molar-refractivity contribution in [2.24, 2.45) is 5.92 Å². The van der Waals surface area contributed by atoms with Gasteiger partial charge in [0.05, 0.1) is 11.7 Å². The number of nitrogens with zero attached hydrogens (tertiary/aromatic N) is 1. The molecule has 94 valence electrons. The van der Waals surface area contributed by atoms with Crippen molar-refractivity contribution < 1.29 is 4.79 Å². The molecule has 0 amide bonds. The van der Waals surface area contributed by atoms with Gasteiger partial charge in [-0.25, -0.2) is 4.98 Å². The number of aryl methyl sites for hydroxylation is 1. The van der Waals surface area contributed by atoms with Crippen LogP contribution in [0.25, 0.3) is 10.2 Å². The number of aromatic nitrogens is 2. The molecule has 0 saturated heterocycles. The highest BCUT2D eigenvalue weighted by atomic mass is 32.1. The summed E-state index contributed by atoms with van der Waals surface area (Å²) in [6, 6.07) is 0. The molecular formula is C13H14N2O2S. The fourth-order valence-corrected chi connectivity index (χ4v) is 4.07. The smallest absolute Gasteiger partial charge is 0.259 e. The summed E-state index contributed by atoms with van der Waals surface area (Å²) in [4.78, 5) is 32.0. The summed E-state index contributed by atoms with van der Waals surface area (Å²) in [6.07, 6.45) is 4.90. The van der Waals surface area contributed by atoms with E-state index in [0.29, 0.717) is 12.3 Å². The molecule has 2 heterocycles. The standard InChI is InChI=1S/C13H14N2O2S/c1-7(16)4-8-2-3-9-10(5-8)18-13-11(9)12(17)14-6-15-13/h6,8H,2-5H2,1H3,(H,14,15,17). The number of hydrogen-bond acceptors (Lipinski definition) is 4. The number of Topliss-reactive ketones (excluding diaryl/α,β-unsaturated/α-hetero) is 1. The zero-order chi connectivity index (χ0) is 12.7. The molecular weight excluding hydrogens is 248 g/mol. The molecule has 0 aromatic carbocycles. The summed E-state index contributed by atoms with van der Waals surface area (Å²) in [6.45, 7) is 1.65. The SMILES string of the molecule is CC(=O)CC1CCc2c(sc3nc[nH]c(=O)c23)C1. The first kappa shape index (κ1) is 11.6. The van der Waals surface area contributed by atoms with Crippen molar-refractivity contribution in [2.45, 2.75) is 32.6 Å². The molecule has 1 atom stereocenters. The van der Waals surface area contributed by atoms with Gasteiger partial charge in [0.15, 0.2) is 0 Å². The van der Waals surface area contributed by atoms with Gasteiger partial charge in [0.2, 0.25) is 0 Å². The van der Waals surface area contributed by atoms with Crippen LogP contribution in [-0.4, -0.2) is 15.8 Å². The number of carbonyl (C=O) groups is 1. The van der Waals surface area contributed by atoms with Gasteiger partial charge < -0.3 is 9.78 Å². The Morgan fingerprint density at radius 3 is 3.22 bits per heavy atom. The number of ketones is 1. The lowest BCUT2D eigenvalue weighted by atomic mass is 9.85. The van der Waals surface area contributed by atoms with E-state index in [1.54, 1.807) is 18.3 Å². The van der Waals surface area contributed by atoms with Crippen LogP contribution in [0.2, 0.25) is 0 Å². The molecule has 1 N–H and O–H groups in total. The van der Waals surface area contributed by atoms with E-state index in [9.17, 15) is 9.59 Å². The third-order valence-corrected chi connectivity index (χ3v) is 4.69. The van der Waals surface area contributed by atoms with Gasteiger partial charge in [0.25, 0.3) is 5.56 Å². The summed E-state index contributed by atoms with van der Waals surface area (Å²) in [7, 11) is 0. The Kier molecular flexibility index (Phi) is 2.78. The molecule has 3 rings (SSSR count). The topological polar surface area (TPSA) is 62.8 Å². The van der Waals surface area contributed by atoms with E-state index < -0.39 is 0 Å². The first-order valence-electron chi connectivity index (χ1n) is 6.12. The Hall–Kier alpha value is -1.49. The summed E-state index contributed by atoms with van der Waals surface area (Å²) in [5, 5.41) is 0.763. The van der Waals surface area contributed by atoms with Gasteiger partial charge in [-0.15, -0.1) is 11.3 Å². The van der Waals surface area contributed by atoms with Crippen LogP contribution in [0.1, 0.15) is 30.2 Å². The molecule has 0 fully saturated rings. The van der Waals surface area contributed by atoms with Crippen LogP contribution < -0.4 is 5.56 Å². The zero-order valence-corrected chi connectivity index (χ0v) is 11.0. The Morgan fingerprint density at radius 1 is 1.61 bits per heavy atom. The van der Waals surface area contributed by atoms with Crippen LogP contribution in [-0.2, 0) is 17.6 Å². The zero-order valence-electron chi connectivity index (χ0n) is 10.2. The van der Waals surface area contributed by atoms with Gasteiger partial charge in [0.1, 0.15) is 10.6 Å². The minimum atomic E-state index is -0.0393. The number of hydrogen-bond donors (Lipinski definition) is 1. The molecule has 0 spiro atoms. The Balaban J connectivity index is 2.03. The lowest BCUT2D eigenvalue weighted by molar-refractivity contribution is -0.117. The minimum absolute atomic E-state index is 0.0393.